The lowest BCUT2D eigenvalue weighted by molar-refractivity contribution is 0.155. The van der Waals surface area contributed by atoms with Crippen molar-refractivity contribution >= 4 is 22.5 Å². The van der Waals surface area contributed by atoms with Gasteiger partial charge in [0.25, 0.3) is 0 Å². The Morgan fingerprint density at radius 1 is 1.26 bits per heavy atom. The molecular formula is C22H24ClN3O. The fourth-order valence-electron chi connectivity index (χ4n) is 5.11. The second kappa shape index (κ2) is 6.62. The predicted molar refractivity (Wildman–Crippen MR) is 108 cm³/mol. The molecule has 4 nitrogen and oxygen atoms in total. The lowest BCUT2D eigenvalue weighted by Crippen LogP contribution is -2.31. The fourth-order valence-corrected chi connectivity index (χ4v) is 5.38. The Labute approximate surface area is 164 Å². The molecule has 0 radical (unpaired) electrons. The monoisotopic (exact) mass is 381 g/mol. The average molecular weight is 382 g/mol. The molecule has 0 spiro atoms. The van der Waals surface area contributed by atoms with E-state index >= 15 is 0 Å². The number of halogens is 1. The van der Waals surface area contributed by atoms with Crippen LogP contribution in [0.4, 0.5) is 0 Å². The van der Waals surface area contributed by atoms with Gasteiger partial charge in [-0.15, -0.1) is 0 Å². The number of aryl methyl sites for hydroxylation is 1. The number of fused-ring (bicyclic) bond motifs is 5. The van der Waals surface area contributed by atoms with Gasteiger partial charge in [-0.1, -0.05) is 11.6 Å². The molecule has 0 aliphatic carbocycles. The summed E-state index contributed by atoms with van der Waals surface area (Å²) < 4.78 is 2.36. The number of nitrogens with zero attached hydrogens (tertiary/aromatic N) is 3. The van der Waals surface area contributed by atoms with Crippen LogP contribution in [0.3, 0.4) is 0 Å². The molecule has 2 aliphatic heterocycles. The maximum absolute atomic E-state index is 10.9. The number of hydrogen-bond acceptors (Lipinski definition) is 3. The van der Waals surface area contributed by atoms with E-state index in [1.165, 1.54) is 47.1 Å². The van der Waals surface area contributed by atoms with Crippen molar-refractivity contribution in [3.05, 3.63) is 64.1 Å². The largest absolute Gasteiger partial charge is 0.387 e. The van der Waals surface area contributed by atoms with E-state index in [0.29, 0.717) is 12.6 Å². The standard InChI is InChI=1S/C22H24ClN3O/c1-14-11-16(23)12-17-21-18-3-2-9-25(18)10-6-19(21)26(22(14)17)13-20(27)15-4-7-24-8-5-15/h4-5,7-8,11-12,18,20,27H,2-3,6,9-10,13H2,1H3/t18-,20+/m0/s1. The molecule has 1 fully saturated rings. The van der Waals surface area contributed by atoms with Crippen LogP contribution in [0.25, 0.3) is 10.9 Å². The first kappa shape index (κ1) is 17.2. The first-order chi connectivity index (χ1) is 13.1. The molecule has 2 aliphatic rings. The summed E-state index contributed by atoms with van der Waals surface area (Å²) in [4.78, 5) is 6.68. The zero-order valence-electron chi connectivity index (χ0n) is 15.5. The number of rotatable bonds is 3. The van der Waals surface area contributed by atoms with Gasteiger partial charge in [-0.05, 0) is 67.3 Å². The van der Waals surface area contributed by atoms with Crippen molar-refractivity contribution in [2.24, 2.45) is 0 Å². The number of aliphatic hydroxyl groups excluding tert-OH is 1. The molecule has 0 amide bonds. The number of benzene rings is 1. The molecule has 1 aromatic carbocycles. The van der Waals surface area contributed by atoms with Crippen molar-refractivity contribution in [3.8, 4) is 0 Å². The Hall–Kier alpha value is -1.88. The Balaban J connectivity index is 1.68. The van der Waals surface area contributed by atoms with Crippen LogP contribution in [0.15, 0.2) is 36.7 Å². The van der Waals surface area contributed by atoms with Gasteiger partial charge in [0.15, 0.2) is 0 Å². The maximum atomic E-state index is 10.9. The van der Waals surface area contributed by atoms with Crippen LogP contribution in [0, 0.1) is 6.92 Å². The lowest BCUT2D eigenvalue weighted by atomic mass is 9.95. The highest BCUT2D eigenvalue weighted by Crippen LogP contribution is 2.44. The Kier molecular flexibility index (Phi) is 4.23. The molecule has 3 aromatic rings. The molecule has 5 heteroatoms. The third-order valence-corrected chi connectivity index (χ3v) is 6.46. The second-order valence-corrected chi connectivity index (χ2v) is 8.27. The summed E-state index contributed by atoms with van der Waals surface area (Å²) in [7, 11) is 0. The van der Waals surface area contributed by atoms with Crippen molar-refractivity contribution in [1.82, 2.24) is 14.5 Å². The normalized spacial score (nSPS) is 20.6. The quantitative estimate of drug-likeness (QED) is 0.729. The van der Waals surface area contributed by atoms with Crippen LogP contribution < -0.4 is 0 Å². The minimum atomic E-state index is -0.551. The van der Waals surface area contributed by atoms with Gasteiger partial charge in [0, 0.05) is 47.5 Å². The summed E-state index contributed by atoms with van der Waals surface area (Å²) in [5.41, 5.74) is 6.14. The summed E-state index contributed by atoms with van der Waals surface area (Å²) in [6, 6.07) is 8.45. The molecule has 1 N–H and O–H groups in total. The fraction of sp³-hybridized carbons (Fsp3) is 0.409. The summed E-state index contributed by atoms with van der Waals surface area (Å²) in [5.74, 6) is 0. The molecule has 0 saturated carbocycles. The SMILES string of the molecule is Cc1cc(Cl)cc2c3c(n(C[C@@H](O)c4ccncc4)c12)CCN1CCC[C@@H]31. The van der Waals surface area contributed by atoms with Gasteiger partial charge in [0.1, 0.15) is 0 Å². The molecule has 2 atom stereocenters. The van der Waals surface area contributed by atoms with E-state index in [-0.39, 0.29) is 0 Å². The number of hydrogen-bond donors (Lipinski definition) is 1. The lowest BCUT2D eigenvalue weighted by Gasteiger charge is -2.31. The van der Waals surface area contributed by atoms with Crippen LogP contribution in [-0.2, 0) is 13.0 Å². The third-order valence-electron chi connectivity index (χ3n) is 6.24. The summed E-state index contributed by atoms with van der Waals surface area (Å²) in [5, 5.41) is 13.0. The molecule has 4 heterocycles. The van der Waals surface area contributed by atoms with Crippen molar-refractivity contribution in [2.75, 3.05) is 13.1 Å². The molecule has 0 bridgehead atoms. The Morgan fingerprint density at radius 3 is 2.89 bits per heavy atom. The molecule has 5 rings (SSSR count). The van der Waals surface area contributed by atoms with E-state index in [1.807, 2.05) is 18.2 Å². The van der Waals surface area contributed by atoms with E-state index in [1.54, 1.807) is 12.4 Å². The van der Waals surface area contributed by atoms with Crippen molar-refractivity contribution in [2.45, 2.75) is 44.9 Å². The van der Waals surface area contributed by atoms with E-state index in [0.717, 1.165) is 23.6 Å². The second-order valence-electron chi connectivity index (χ2n) is 7.83. The highest BCUT2D eigenvalue weighted by atomic mass is 35.5. The van der Waals surface area contributed by atoms with E-state index in [4.69, 9.17) is 11.6 Å². The van der Waals surface area contributed by atoms with Crippen molar-refractivity contribution < 1.29 is 5.11 Å². The highest BCUT2D eigenvalue weighted by molar-refractivity contribution is 6.31. The van der Waals surface area contributed by atoms with Gasteiger partial charge >= 0.3 is 0 Å². The zero-order valence-corrected chi connectivity index (χ0v) is 16.3. The molecule has 1 saturated heterocycles. The van der Waals surface area contributed by atoms with Crippen LogP contribution >= 0.6 is 11.6 Å². The van der Waals surface area contributed by atoms with Crippen LogP contribution in [0.2, 0.25) is 5.02 Å². The van der Waals surface area contributed by atoms with Gasteiger partial charge in [0.05, 0.1) is 18.2 Å². The van der Waals surface area contributed by atoms with Gasteiger partial charge in [-0.2, -0.15) is 0 Å². The molecular weight excluding hydrogens is 358 g/mol. The summed E-state index contributed by atoms with van der Waals surface area (Å²) in [6.07, 6.45) is 6.43. The van der Waals surface area contributed by atoms with E-state index < -0.39 is 6.10 Å². The van der Waals surface area contributed by atoms with Gasteiger partial charge < -0.3 is 9.67 Å². The van der Waals surface area contributed by atoms with Crippen LogP contribution in [0.5, 0.6) is 0 Å². The van der Waals surface area contributed by atoms with Crippen molar-refractivity contribution in [3.63, 3.8) is 0 Å². The third kappa shape index (κ3) is 2.78. The van der Waals surface area contributed by atoms with E-state index in [9.17, 15) is 5.11 Å². The topological polar surface area (TPSA) is 41.3 Å². The van der Waals surface area contributed by atoms with Gasteiger partial charge in [0.2, 0.25) is 0 Å². The Bertz CT molecular complexity index is 998. The van der Waals surface area contributed by atoms with Crippen molar-refractivity contribution in [1.29, 1.82) is 0 Å². The predicted octanol–water partition coefficient (Wildman–Crippen LogP) is 4.42. The molecule has 2 aromatic heterocycles. The number of aliphatic hydroxyl groups is 1. The minimum absolute atomic E-state index is 0.494. The number of aromatic nitrogens is 2. The van der Waals surface area contributed by atoms with Crippen LogP contribution in [0.1, 0.15) is 47.4 Å². The smallest absolute Gasteiger partial charge is 0.0970 e. The summed E-state index contributed by atoms with van der Waals surface area (Å²) >= 11 is 6.44. The van der Waals surface area contributed by atoms with Gasteiger partial charge in [-0.3, -0.25) is 9.88 Å². The van der Waals surface area contributed by atoms with Gasteiger partial charge in [-0.25, -0.2) is 0 Å². The molecule has 140 valence electrons. The van der Waals surface area contributed by atoms with Crippen LogP contribution in [-0.4, -0.2) is 32.6 Å². The molecule has 0 unspecified atom stereocenters. The number of pyridine rings is 1. The van der Waals surface area contributed by atoms with E-state index in [2.05, 4.69) is 27.4 Å². The highest BCUT2D eigenvalue weighted by Gasteiger charge is 2.36. The minimum Gasteiger partial charge on any atom is -0.387 e. The summed E-state index contributed by atoms with van der Waals surface area (Å²) in [6.45, 7) is 4.98. The average Bonchev–Trinajstić information content (AvgIpc) is 3.25. The zero-order chi connectivity index (χ0) is 18.5. The maximum Gasteiger partial charge on any atom is 0.0970 e. The Morgan fingerprint density at radius 2 is 2.07 bits per heavy atom. The first-order valence-corrected chi connectivity index (χ1v) is 10.1. The molecule has 27 heavy (non-hydrogen) atoms. The first-order valence-electron chi connectivity index (χ1n) is 9.76.